The Hall–Kier alpha value is -2.68. The first-order chi connectivity index (χ1) is 14.4. The molecule has 2 atom stereocenters. The van der Waals surface area contributed by atoms with E-state index in [-0.39, 0.29) is 37.1 Å². The zero-order chi connectivity index (χ0) is 21.3. The molecule has 2 unspecified atom stereocenters. The number of anilines is 1. The number of pyridine rings is 1. The van der Waals surface area contributed by atoms with Crippen LogP contribution in [0.3, 0.4) is 0 Å². The van der Waals surface area contributed by atoms with Crippen molar-refractivity contribution in [2.75, 3.05) is 24.5 Å². The topological polar surface area (TPSA) is 104 Å². The number of rotatable bonds is 5. The van der Waals surface area contributed by atoms with Gasteiger partial charge in [0.15, 0.2) is 0 Å². The maximum absolute atomic E-state index is 12.6. The van der Waals surface area contributed by atoms with Crippen LogP contribution in [0.5, 0.6) is 0 Å². The second-order valence-corrected chi connectivity index (χ2v) is 8.57. The van der Waals surface area contributed by atoms with Gasteiger partial charge in [-0.3, -0.25) is 14.5 Å². The Morgan fingerprint density at radius 3 is 2.57 bits per heavy atom. The molecule has 9 nitrogen and oxygen atoms in total. The molecule has 4 rings (SSSR count). The van der Waals surface area contributed by atoms with Crippen molar-refractivity contribution in [2.24, 2.45) is 0 Å². The Labute approximate surface area is 176 Å². The number of amides is 4. The van der Waals surface area contributed by atoms with Gasteiger partial charge in [-0.2, -0.15) is 0 Å². The first-order valence-electron chi connectivity index (χ1n) is 10.6. The number of hydrogen-bond donors (Lipinski definition) is 2. The summed E-state index contributed by atoms with van der Waals surface area (Å²) in [5.41, 5.74) is 0.0666. The average Bonchev–Trinajstić information content (AvgIpc) is 3.27. The molecule has 4 amide bonds. The van der Waals surface area contributed by atoms with Crippen LogP contribution in [0.4, 0.5) is 10.6 Å². The lowest BCUT2D eigenvalue weighted by Gasteiger charge is -2.36. The van der Waals surface area contributed by atoms with E-state index in [4.69, 9.17) is 4.74 Å². The van der Waals surface area contributed by atoms with Crippen molar-refractivity contribution < 1.29 is 19.1 Å². The normalized spacial score (nSPS) is 25.7. The summed E-state index contributed by atoms with van der Waals surface area (Å²) >= 11 is 0. The van der Waals surface area contributed by atoms with Crippen LogP contribution in [0.25, 0.3) is 0 Å². The molecular weight excluding hydrogens is 386 g/mol. The Morgan fingerprint density at radius 1 is 1.23 bits per heavy atom. The Bertz CT molecular complexity index is 811. The molecule has 3 fully saturated rings. The second kappa shape index (κ2) is 8.22. The maximum Gasteiger partial charge on any atom is 0.325 e. The first kappa shape index (κ1) is 20.6. The predicted molar refractivity (Wildman–Crippen MR) is 110 cm³/mol. The summed E-state index contributed by atoms with van der Waals surface area (Å²) in [5.74, 6) is 0.238. The van der Waals surface area contributed by atoms with Gasteiger partial charge in [-0.05, 0) is 38.3 Å². The summed E-state index contributed by atoms with van der Waals surface area (Å²) in [6.07, 6.45) is 5.17. The van der Waals surface area contributed by atoms with E-state index in [0.29, 0.717) is 12.8 Å². The van der Waals surface area contributed by atoms with Gasteiger partial charge in [0.05, 0.1) is 12.2 Å². The quantitative estimate of drug-likeness (QED) is 0.700. The number of aromatic nitrogens is 1. The summed E-state index contributed by atoms with van der Waals surface area (Å²) in [5, 5.41) is 5.56. The number of carbonyl (C=O) groups excluding carboxylic acids is 3. The minimum atomic E-state index is -0.786. The number of nitrogens with one attached hydrogen (secondary N) is 2. The average molecular weight is 415 g/mol. The molecule has 1 aromatic heterocycles. The fraction of sp³-hybridized carbons (Fsp3) is 0.619. The Morgan fingerprint density at radius 2 is 1.93 bits per heavy atom. The van der Waals surface area contributed by atoms with E-state index in [1.54, 1.807) is 6.20 Å². The van der Waals surface area contributed by atoms with Crippen molar-refractivity contribution >= 4 is 23.7 Å². The van der Waals surface area contributed by atoms with Crippen molar-refractivity contribution in [1.82, 2.24) is 20.5 Å². The molecule has 2 N–H and O–H groups in total. The van der Waals surface area contributed by atoms with Gasteiger partial charge in [0.25, 0.3) is 5.91 Å². The zero-order valence-corrected chi connectivity index (χ0v) is 17.5. The van der Waals surface area contributed by atoms with E-state index >= 15 is 0 Å². The molecule has 0 aromatic carbocycles. The molecule has 1 saturated carbocycles. The number of carbonyl (C=O) groups is 3. The minimum Gasteiger partial charge on any atom is -0.372 e. The van der Waals surface area contributed by atoms with Gasteiger partial charge < -0.3 is 20.3 Å². The molecule has 0 radical (unpaired) electrons. The van der Waals surface area contributed by atoms with Crippen molar-refractivity contribution in [2.45, 2.75) is 63.8 Å². The molecule has 0 bridgehead atoms. The maximum atomic E-state index is 12.6. The Balaban J connectivity index is 1.29. The zero-order valence-electron chi connectivity index (χ0n) is 17.5. The van der Waals surface area contributed by atoms with Gasteiger partial charge in [0.2, 0.25) is 5.91 Å². The van der Waals surface area contributed by atoms with Gasteiger partial charge in [0, 0.05) is 25.8 Å². The van der Waals surface area contributed by atoms with E-state index in [1.807, 2.05) is 26.0 Å². The van der Waals surface area contributed by atoms with E-state index < -0.39 is 11.6 Å². The number of hydrogen-bond acceptors (Lipinski definition) is 6. The smallest absolute Gasteiger partial charge is 0.325 e. The van der Waals surface area contributed by atoms with Gasteiger partial charge in [0.1, 0.15) is 17.9 Å². The van der Waals surface area contributed by atoms with Crippen molar-refractivity contribution in [3.8, 4) is 0 Å². The third-order valence-electron chi connectivity index (χ3n) is 6.05. The van der Waals surface area contributed by atoms with E-state index in [0.717, 1.165) is 42.2 Å². The van der Waals surface area contributed by atoms with Crippen LogP contribution in [-0.4, -0.2) is 65.1 Å². The number of morpholine rings is 1. The molecule has 2 aliphatic heterocycles. The molecular formula is C21H29N5O4. The fourth-order valence-corrected chi connectivity index (χ4v) is 4.61. The molecule has 9 heteroatoms. The van der Waals surface area contributed by atoms with Crippen LogP contribution in [0.1, 0.15) is 45.1 Å². The van der Waals surface area contributed by atoms with Crippen LogP contribution in [0, 0.1) is 0 Å². The third-order valence-corrected chi connectivity index (χ3v) is 6.05. The highest BCUT2D eigenvalue weighted by Gasteiger charge is 2.52. The third kappa shape index (κ3) is 4.12. The molecule has 1 aromatic rings. The standard InChI is InChI=1S/C21H29N5O4/c1-14-11-25(12-15(2)30-14)17-6-5-16(9-22-17)10-23-18(27)13-26-19(28)21(24-20(26)29)7-3-4-8-21/h5-6,9,14-15H,3-4,7-8,10-13H2,1-2H3,(H,23,27)(H,24,29). The molecule has 30 heavy (non-hydrogen) atoms. The van der Waals surface area contributed by atoms with Crippen molar-refractivity contribution in [3.05, 3.63) is 23.9 Å². The van der Waals surface area contributed by atoms with E-state index in [2.05, 4.69) is 20.5 Å². The number of imide groups is 1. The number of nitrogens with zero attached hydrogens (tertiary/aromatic N) is 3. The molecule has 162 valence electrons. The van der Waals surface area contributed by atoms with Gasteiger partial charge >= 0.3 is 6.03 Å². The lowest BCUT2D eigenvalue weighted by atomic mass is 9.98. The van der Waals surface area contributed by atoms with Crippen LogP contribution < -0.4 is 15.5 Å². The molecule has 3 heterocycles. The van der Waals surface area contributed by atoms with Gasteiger partial charge in [-0.1, -0.05) is 18.9 Å². The minimum absolute atomic E-state index is 0.156. The summed E-state index contributed by atoms with van der Waals surface area (Å²) in [6, 6.07) is 3.39. The van der Waals surface area contributed by atoms with Crippen LogP contribution in [0.15, 0.2) is 18.3 Å². The molecule has 2 saturated heterocycles. The van der Waals surface area contributed by atoms with Crippen molar-refractivity contribution in [1.29, 1.82) is 0 Å². The number of urea groups is 1. The highest BCUT2D eigenvalue weighted by molar-refractivity contribution is 6.09. The molecule has 3 aliphatic rings. The van der Waals surface area contributed by atoms with Gasteiger partial charge in [-0.25, -0.2) is 9.78 Å². The highest BCUT2D eigenvalue weighted by Crippen LogP contribution is 2.34. The molecule has 1 spiro atoms. The Kier molecular flexibility index (Phi) is 5.64. The summed E-state index contributed by atoms with van der Waals surface area (Å²) < 4.78 is 5.75. The summed E-state index contributed by atoms with van der Waals surface area (Å²) in [4.78, 5) is 44.9. The SMILES string of the molecule is CC1CN(c2ccc(CNC(=O)CN3C(=O)NC4(CCCC4)C3=O)cn2)CC(C)O1. The summed E-state index contributed by atoms with van der Waals surface area (Å²) in [6.45, 7) is 5.71. The fourth-order valence-electron chi connectivity index (χ4n) is 4.61. The van der Waals surface area contributed by atoms with Crippen LogP contribution >= 0.6 is 0 Å². The lowest BCUT2D eigenvalue weighted by Crippen LogP contribution is -2.45. The van der Waals surface area contributed by atoms with E-state index in [1.165, 1.54) is 0 Å². The number of ether oxygens (including phenoxy) is 1. The lowest BCUT2D eigenvalue weighted by molar-refractivity contribution is -0.134. The van der Waals surface area contributed by atoms with Crippen molar-refractivity contribution in [3.63, 3.8) is 0 Å². The van der Waals surface area contributed by atoms with E-state index in [9.17, 15) is 14.4 Å². The highest BCUT2D eigenvalue weighted by atomic mass is 16.5. The predicted octanol–water partition coefficient (Wildman–Crippen LogP) is 1.18. The largest absolute Gasteiger partial charge is 0.372 e. The molecule has 1 aliphatic carbocycles. The summed E-state index contributed by atoms with van der Waals surface area (Å²) in [7, 11) is 0. The monoisotopic (exact) mass is 415 g/mol. The van der Waals surface area contributed by atoms with Crippen LogP contribution in [-0.2, 0) is 20.9 Å². The first-order valence-corrected chi connectivity index (χ1v) is 10.6. The second-order valence-electron chi connectivity index (χ2n) is 8.57. The van der Waals surface area contributed by atoms with Gasteiger partial charge in [-0.15, -0.1) is 0 Å². The van der Waals surface area contributed by atoms with Crippen LogP contribution in [0.2, 0.25) is 0 Å².